The maximum Gasteiger partial charge on any atom is 0.263 e. The van der Waals surface area contributed by atoms with Gasteiger partial charge in [0.2, 0.25) is 0 Å². The zero-order valence-electron chi connectivity index (χ0n) is 14.1. The van der Waals surface area contributed by atoms with Crippen molar-refractivity contribution >= 4 is 16.9 Å². The van der Waals surface area contributed by atoms with Crippen molar-refractivity contribution in [2.24, 2.45) is 0 Å². The van der Waals surface area contributed by atoms with Crippen LogP contribution in [0.5, 0.6) is 0 Å². The molecule has 0 bridgehead atoms. The second-order valence-corrected chi connectivity index (χ2v) is 5.89. The van der Waals surface area contributed by atoms with Gasteiger partial charge >= 0.3 is 0 Å². The van der Waals surface area contributed by atoms with E-state index >= 15 is 0 Å². The molecule has 0 fully saturated rings. The molecule has 7 heteroatoms. The second-order valence-electron chi connectivity index (χ2n) is 5.89. The summed E-state index contributed by atoms with van der Waals surface area (Å²) in [5.74, 6) is 1.39. The van der Waals surface area contributed by atoms with Gasteiger partial charge in [0.1, 0.15) is 17.0 Å². The number of hydrogen-bond acceptors (Lipinski definition) is 6. The Bertz CT molecular complexity index is 1010. The molecule has 25 heavy (non-hydrogen) atoms. The SMILES string of the molecule is Cc1nc(NCc2ccccc2Cn2cccn2)c2c(C)noc2n1. The highest BCUT2D eigenvalue weighted by Crippen LogP contribution is 2.24. The number of aryl methyl sites for hydroxylation is 2. The molecule has 4 rings (SSSR count). The maximum atomic E-state index is 5.26. The minimum atomic E-state index is 0.511. The molecule has 0 unspecified atom stereocenters. The number of nitrogens with one attached hydrogen (secondary N) is 1. The van der Waals surface area contributed by atoms with E-state index in [1.807, 2.05) is 42.9 Å². The molecule has 3 heterocycles. The van der Waals surface area contributed by atoms with E-state index in [0.29, 0.717) is 18.1 Å². The molecular weight excluding hydrogens is 316 g/mol. The molecule has 0 aliphatic carbocycles. The third-order valence-corrected chi connectivity index (χ3v) is 4.07. The molecule has 1 aromatic carbocycles. The summed E-state index contributed by atoms with van der Waals surface area (Å²) in [6.45, 7) is 5.11. The second kappa shape index (κ2) is 6.35. The van der Waals surface area contributed by atoms with Crippen LogP contribution in [0.4, 0.5) is 5.82 Å². The van der Waals surface area contributed by atoms with E-state index < -0.39 is 0 Å². The molecule has 0 aliphatic rings. The molecule has 0 aliphatic heterocycles. The number of hydrogen-bond donors (Lipinski definition) is 1. The highest BCUT2D eigenvalue weighted by Gasteiger charge is 2.14. The molecule has 7 nitrogen and oxygen atoms in total. The molecule has 0 spiro atoms. The van der Waals surface area contributed by atoms with Gasteiger partial charge in [0.25, 0.3) is 5.71 Å². The standard InChI is InChI=1S/C18H18N6O/c1-12-16-17(21-13(2)22-18(16)25-23-12)19-10-14-6-3-4-7-15(14)11-24-9-5-8-20-24/h3-9H,10-11H2,1-2H3,(H,19,21,22). The molecule has 1 N–H and O–H groups in total. The third-order valence-electron chi connectivity index (χ3n) is 4.07. The van der Waals surface area contributed by atoms with Crippen LogP contribution >= 0.6 is 0 Å². The van der Waals surface area contributed by atoms with Gasteiger partial charge in [-0.1, -0.05) is 29.4 Å². The first-order valence-corrected chi connectivity index (χ1v) is 8.09. The van der Waals surface area contributed by atoms with Crippen LogP contribution in [0, 0.1) is 13.8 Å². The summed E-state index contributed by atoms with van der Waals surface area (Å²) in [5, 5.41) is 12.5. The van der Waals surface area contributed by atoms with Crippen molar-refractivity contribution in [2.75, 3.05) is 5.32 Å². The average Bonchev–Trinajstić information content (AvgIpc) is 3.24. The van der Waals surface area contributed by atoms with E-state index in [2.05, 4.69) is 37.7 Å². The van der Waals surface area contributed by atoms with Crippen molar-refractivity contribution in [1.29, 1.82) is 0 Å². The average molecular weight is 334 g/mol. The summed E-state index contributed by atoms with van der Waals surface area (Å²) in [4.78, 5) is 8.80. The fourth-order valence-electron chi connectivity index (χ4n) is 2.86. The van der Waals surface area contributed by atoms with E-state index in [1.165, 1.54) is 11.1 Å². The molecular formula is C18H18N6O. The Hall–Kier alpha value is -3.22. The van der Waals surface area contributed by atoms with Gasteiger partial charge in [-0.3, -0.25) is 4.68 Å². The smallest absolute Gasteiger partial charge is 0.263 e. The van der Waals surface area contributed by atoms with Crippen molar-refractivity contribution in [2.45, 2.75) is 26.9 Å². The number of benzene rings is 1. The van der Waals surface area contributed by atoms with Gasteiger partial charge in [0, 0.05) is 18.9 Å². The summed E-state index contributed by atoms with van der Waals surface area (Å²) in [7, 11) is 0. The van der Waals surface area contributed by atoms with Crippen molar-refractivity contribution in [1.82, 2.24) is 24.9 Å². The minimum Gasteiger partial charge on any atom is -0.365 e. The maximum absolute atomic E-state index is 5.26. The van der Waals surface area contributed by atoms with E-state index in [-0.39, 0.29) is 0 Å². The van der Waals surface area contributed by atoms with Crippen LogP contribution in [-0.2, 0) is 13.1 Å². The molecule has 0 saturated heterocycles. The summed E-state index contributed by atoms with van der Waals surface area (Å²) in [5.41, 5.74) is 3.69. The van der Waals surface area contributed by atoms with Crippen molar-refractivity contribution in [3.05, 3.63) is 65.4 Å². The van der Waals surface area contributed by atoms with Crippen LogP contribution in [0.1, 0.15) is 22.6 Å². The van der Waals surface area contributed by atoms with E-state index in [4.69, 9.17) is 4.52 Å². The van der Waals surface area contributed by atoms with Crippen molar-refractivity contribution in [3.63, 3.8) is 0 Å². The lowest BCUT2D eigenvalue weighted by Gasteiger charge is -2.12. The molecule has 4 aromatic rings. The highest BCUT2D eigenvalue weighted by atomic mass is 16.5. The van der Waals surface area contributed by atoms with Gasteiger partial charge in [-0.2, -0.15) is 10.1 Å². The number of anilines is 1. The summed E-state index contributed by atoms with van der Waals surface area (Å²) >= 11 is 0. The van der Waals surface area contributed by atoms with Gasteiger partial charge in [0.15, 0.2) is 0 Å². The zero-order valence-corrected chi connectivity index (χ0v) is 14.1. The van der Waals surface area contributed by atoms with E-state index in [1.54, 1.807) is 6.20 Å². The predicted octanol–water partition coefficient (Wildman–Crippen LogP) is 3.09. The zero-order chi connectivity index (χ0) is 17.2. The van der Waals surface area contributed by atoms with Crippen LogP contribution in [0.2, 0.25) is 0 Å². The predicted molar refractivity (Wildman–Crippen MR) is 94.2 cm³/mol. The molecule has 0 saturated carbocycles. The van der Waals surface area contributed by atoms with Gasteiger partial charge in [-0.25, -0.2) is 4.98 Å². The van der Waals surface area contributed by atoms with Gasteiger partial charge in [-0.05, 0) is 31.0 Å². The van der Waals surface area contributed by atoms with Crippen molar-refractivity contribution < 1.29 is 4.52 Å². The Morgan fingerprint density at radius 3 is 2.72 bits per heavy atom. The fourth-order valence-corrected chi connectivity index (χ4v) is 2.86. The molecule has 126 valence electrons. The summed E-state index contributed by atoms with van der Waals surface area (Å²) in [6, 6.07) is 10.2. The van der Waals surface area contributed by atoms with Crippen LogP contribution in [0.15, 0.2) is 47.2 Å². The first kappa shape index (κ1) is 15.3. The largest absolute Gasteiger partial charge is 0.365 e. The van der Waals surface area contributed by atoms with Crippen LogP contribution in [-0.4, -0.2) is 24.9 Å². The van der Waals surface area contributed by atoms with Gasteiger partial charge < -0.3 is 9.84 Å². The molecule has 3 aromatic heterocycles. The number of rotatable bonds is 5. The monoisotopic (exact) mass is 334 g/mol. The van der Waals surface area contributed by atoms with Crippen LogP contribution < -0.4 is 5.32 Å². The van der Waals surface area contributed by atoms with E-state index in [0.717, 1.165) is 23.4 Å². The Labute approximate surface area is 144 Å². The number of fused-ring (bicyclic) bond motifs is 1. The van der Waals surface area contributed by atoms with Crippen LogP contribution in [0.3, 0.4) is 0 Å². The number of aromatic nitrogens is 5. The topological polar surface area (TPSA) is 81.7 Å². The fraction of sp³-hybridized carbons (Fsp3) is 0.222. The summed E-state index contributed by atoms with van der Waals surface area (Å²) < 4.78 is 7.18. The first-order valence-electron chi connectivity index (χ1n) is 8.09. The number of nitrogens with zero attached hydrogens (tertiary/aromatic N) is 5. The molecule has 0 atom stereocenters. The molecule has 0 amide bonds. The minimum absolute atomic E-state index is 0.511. The van der Waals surface area contributed by atoms with Gasteiger partial charge in [0.05, 0.1) is 12.2 Å². The van der Waals surface area contributed by atoms with Crippen molar-refractivity contribution in [3.8, 4) is 0 Å². The lowest BCUT2D eigenvalue weighted by atomic mass is 10.1. The van der Waals surface area contributed by atoms with E-state index in [9.17, 15) is 0 Å². The third kappa shape index (κ3) is 3.08. The Morgan fingerprint density at radius 2 is 1.92 bits per heavy atom. The van der Waals surface area contributed by atoms with Gasteiger partial charge in [-0.15, -0.1) is 0 Å². The van der Waals surface area contributed by atoms with Crippen LogP contribution in [0.25, 0.3) is 11.1 Å². The lowest BCUT2D eigenvalue weighted by molar-refractivity contribution is 0.442. The highest BCUT2D eigenvalue weighted by molar-refractivity contribution is 5.87. The Balaban J connectivity index is 1.61. The lowest BCUT2D eigenvalue weighted by Crippen LogP contribution is -2.08. The summed E-state index contributed by atoms with van der Waals surface area (Å²) in [6.07, 6.45) is 3.75. The first-order chi connectivity index (χ1) is 12.2. The quantitative estimate of drug-likeness (QED) is 0.604. The Morgan fingerprint density at radius 1 is 1.08 bits per heavy atom. The Kier molecular flexibility index (Phi) is 3.89. The normalized spacial score (nSPS) is 11.1. The molecule has 0 radical (unpaired) electrons.